The lowest BCUT2D eigenvalue weighted by Crippen LogP contribution is -2.19. The third kappa shape index (κ3) is 3.38. The van der Waals surface area contributed by atoms with E-state index in [1.807, 2.05) is 46.4 Å². The predicted octanol–water partition coefficient (Wildman–Crippen LogP) is 4.15. The lowest BCUT2D eigenvalue weighted by Gasteiger charge is -2.13. The molecular weight excluding hydrogens is 354 g/mol. The first-order chi connectivity index (χ1) is 13.2. The van der Waals surface area contributed by atoms with Crippen molar-refractivity contribution in [3.05, 3.63) is 70.6 Å². The first-order valence-corrected chi connectivity index (χ1v) is 10.1. The molecule has 0 N–H and O–H groups in total. The van der Waals surface area contributed by atoms with Gasteiger partial charge in [0, 0.05) is 52.9 Å². The van der Waals surface area contributed by atoms with Crippen LogP contribution in [0, 0.1) is 6.92 Å². The van der Waals surface area contributed by atoms with Gasteiger partial charge in [-0.05, 0) is 61.9 Å². The number of hydrogen-bond acceptors (Lipinski definition) is 5. The zero-order chi connectivity index (χ0) is 18.2. The minimum Gasteiger partial charge on any atom is -0.298 e. The van der Waals surface area contributed by atoms with Gasteiger partial charge in [0.2, 0.25) is 0 Å². The molecule has 0 aliphatic carbocycles. The van der Waals surface area contributed by atoms with Crippen LogP contribution in [-0.4, -0.2) is 37.6 Å². The summed E-state index contributed by atoms with van der Waals surface area (Å²) in [5, 5.41) is 4.79. The Morgan fingerprint density at radius 1 is 1.07 bits per heavy atom. The van der Waals surface area contributed by atoms with Gasteiger partial charge in [-0.1, -0.05) is 0 Å². The molecule has 1 fully saturated rings. The van der Waals surface area contributed by atoms with Gasteiger partial charge in [-0.25, -0.2) is 9.50 Å². The second-order valence-electron chi connectivity index (χ2n) is 7.16. The largest absolute Gasteiger partial charge is 0.298 e. The lowest BCUT2D eigenvalue weighted by atomic mass is 10.1. The first kappa shape index (κ1) is 16.6. The zero-order valence-corrected chi connectivity index (χ0v) is 16.1. The van der Waals surface area contributed by atoms with Crippen LogP contribution in [0.1, 0.15) is 27.9 Å². The highest BCUT2D eigenvalue weighted by molar-refractivity contribution is 7.11. The standard InChI is InChI=1S/C21H21N5S/c1-15-2-4-19(27-15)14-25-11-8-18(12-25)21-23-20-5-3-17(13-26(20)24-21)16-6-9-22-10-7-16/h2-7,9-10,13,18H,8,11-12,14H2,1H3/t18-/m1/s1. The summed E-state index contributed by atoms with van der Waals surface area (Å²) in [5.74, 6) is 1.38. The Hall–Kier alpha value is -2.57. The van der Waals surface area contributed by atoms with E-state index in [0.29, 0.717) is 5.92 Å². The summed E-state index contributed by atoms with van der Waals surface area (Å²) in [7, 11) is 0. The number of likely N-dealkylation sites (tertiary alicyclic amines) is 1. The molecule has 5 rings (SSSR count). The van der Waals surface area contributed by atoms with Crippen molar-refractivity contribution in [1.29, 1.82) is 0 Å². The van der Waals surface area contributed by atoms with Crippen molar-refractivity contribution >= 4 is 17.0 Å². The Bertz CT molecular complexity index is 1070. The van der Waals surface area contributed by atoms with E-state index in [9.17, 15) is 0 Å². The minimum atomic E-state index is 0.412. The zero-order valence-electron chi connectivity index (χ0n) is 15.2. The van der Waals surface area contributed by atoms with Crippen molar-refractivity contribution in [3.63, 3.8) is 0 Å². The van der Waals surface area contributed by atoms with Crippen molar-refractivity contribution in [2.24, 2.45) is 0 Å². The van der Waals surface area contributed by atoms with E-state index in [2.05, 4.69) is 41.2 Å². The maximum absolute atomic E-state index is 4.79. The van der Waals surface area contributed by atoms with Gasteiger partial charge in [0.15, 0.2) is 11.5 Å². The van der Waals surface area contributed by atoms with Gasteiger partial charge in [-0.3, -0.25) is 9.88 Å². The summed E-state index contributed by atoms with van der Waals surface area (Å²) in [6, 6.07) is 12.6. The highest BCUT2D eigenvalue weighted by atomic mass is 32.1. The maximum Gasteiger partial charge on any atom is 0.156 e. The van der Waals surface area contributed by atoms with Crippen molar-refractivity contribution in [2.75, 3.05) is 13.1 Å². The van der Waals surface area contributed by atoms with Crippen LogP contribution >= 0.6 is 11.3 Å². The average molecular weight is 376 g/mol. The van der Waals surface area contributed by atoms with Gasteiger partial charge >= 0.3 is 0 Å². The Labute approximate surface area is 162 Å². The number of nitrogens with zero attached hydrogens (tertiary/aromatic N) is 5. The molecule has 1 aliphatic heterocycles. The molecule has 5 heterocycles. The highest BCUT2D eigenvalue weighted by Crippen LogP contribution is 2.28. The van der Waals surface area contributed by atoms with Crippen LogP contribution < -0.4 is 0 Å². The van der Waals surface area contributed by atoms with Gasteiger partial charge in [0.25, 0.3) is 0 Å². The van der Waals surface area contributed by atoms with Crippen molar-refractivity contribution in [3.8, 4) is 11.1 Å². The number of thiophene rings is 1. The fraction of sp³-hybridized carbons (Fsp3) is 0.286. The third-order valence-corrected chi connectivity index (χ3v) is 6.16. The predicted molar refractivity (Wildman–Crippen MR) is 108 cm³/mol. The molecule has 0 spiro atoms. The summed E-state index contributed by atoms with van der Waals surface area (Å²) in [6.07, 6.45) is 6.81. The van der Waals surface area contributed by atoms with Gasteiger partial charge in [-0.15, -0.1) is 11.3 Å². The van der Waals surface area contributed by atoms with Crippen LogP contribution in [0.5, 0.6) is 0 Å². The Morgan fingerprint density at radius 3 is 2.78 bits per heavy atom. The third-order valence-electron chi connectivity index (χ3n) is 5.17. The van der Waals surface area contributed by atoms with E-state index in [1.54, 1.807) is 0 Å². The molecule has 0 unspecified atom stereocenters. The second-order valence-corrected chi connectivity index (χ2v) is 8.53. The molecule has 27 heavy (non-hydrogen) atoms. The smallest absolute Gasteiger partial charge is 0.156 e. The van der Waals surface area contributed by atoms with E-state index >= 15 is 0 Å². The van der Waals surface area contributed by atoms with Crippen LogP contribution in [0.15, 0.2) is 55.0 Å². The molecule has 0 bridgehead atoms. The molecule has 1 saturated heterocycles. The molecular formula is C21H21N5S. The quantitative estimate of drug-likeness (QED) is 0.538. The summed E-state index contributed by atoms with van der Waals surface area (Å²) in [6.45, 7) is 5.35. The first-order valence-electron chi connectivity index (χ1n) is 9.29. The average Bonchev–Trinajstić information content (AvgIpc) is 3.41. The van der Waals surface area contributed by atoms with Gasteiger partial charge < -0.3 is 0 Å². The molecule has 5 nitrogen and oxygen atoms in total. The SMILES string of the molecule is Cc1ccc(CN2CC[C@@H](c3nc4ccc(-c5ccncc5)cn4n3)C2)s1. The van der Waals surface area contributed by atoms with Gasteiger partial charge in [0.1, 0.15) is 0 Å². The normalized spacial score (nSPS) is 17.7. The molecule has 136 valence electrons. The maximum atomic E-state index is 4.79. The summed E-state index contributed by atoms with van der Waals surface area (Å²) in [4.78, 5) is 14.2. The summed E-state index contributed by atoms with van der Waals surface area (Å²) < 4.78 is 1.91. The van der Waals surface area contributed by atoms with Crippen LogP contribution in [0.2, 0.25) is 0 Å². The lowest BCUT2D eigenvalue weighted by molar-refractivity contribution is 0.328. The molecule has 0 saturated carbocycles. The van der Waals surface area contributed by atoms with E-state index in [4.69, 9.17) is 10.1 Å². The van der Waals surface area contributed by atoms with Crippen LogP contribution in [-0.2, 0) is 6.54 Å². The molecule has 1 aliphatic rings. The molecule has 4 aromatic heterocycles. The fourth-order valence-corrected chi connectivity index (χ4v) is 4.70. The number of hydrogen-bond donors (Lipinski definition) is 0. The Morgan fingerprint density at radius 2 is 1.96 bits per heavy atom. The van der Waals surface area contributed by atoms with Crippen LogP contribution in [0.25, 0.3) is 16.8 Å². The van der Waals surface area contributed by atoms with Crippen molar-refractivity contribution in [1.82, 2.24) is 24.5 Å². The number of pyridine rings is 2. The molecule has 0 radical (unpaired) electrons. The molecule has 0 amide bonds. The molecule has 4 aromatic rings. The van der Waals surface area contributed by atoms with Crippen molar-refractivity contribution < 1.29 is 0 Å². The van der Waals surface area contributed by atoms with E-state index in [0.717, 1.165) is 48.7 Å². The summed E-state index contributed by atoms with van der Waals surface area (Å²) >= 11 is 1.89. The molecule has 0 aromatic carbocycles. The molecule has 1 atom stereocenters. The topological polar surface area (TPSA) is 46.3 Å². The minimum absolute atomic E-state index is 0.412. The number of aryl methyl sites for hydroxylation is 1. The number of rotatable bonds is 4. The van der Waals surface area contributed by atoms with Gasteiger partial charge in [0.05, 0.1) is 0 Å². The monoisotopic (exact) mass is 375 g/mol. The fourth-order valence-electron chi connectivity index (χ4n) is 3.77. The van der Waals surface area contributed by atoms with E-state index in [1.165, 1.54) is 9.75 Å². The Balaban J connectivity index is 1.34. The number of fused-ring (bicyclic) bond motifs is 1. The molecule has 6 heteroatoms. The van der Waals surface area contributed by atoms with Crippen LogP contribution in [0.4, 0.5) is 0 Å². The van der Waals surface area contributed by atoms with E-state index in [-0.39, 0.29) is 0 Å². The van der Waals surface area contributed by atoms with Crippen molar-refractivity contribution in [2.45, 2.75) is 25.8 Å². The Kier molecular flexibility index (Phi) is 4.22. The van der Waals surface area contributed by atoms with E-state index < -0.39 is 0 Å². The summed E-state index contributed by atoms with van der Waals surface area (Å²) in [5.41, 5.74) is 3.18. The van der Waals surface area contributed by atoms with Crippen LogP contribution in [0.3, 0.4) is 0 Å². The number of aromatic nitrogens is 4. The van der Waals surface area contributed by atoms with Gasteiger partial charge in [-0.2, -0.15) is 5.10 Å². The highest BCUT2D eigenvalue weighted by Gasteiger charge is 2.27. The second kappa shape index (κ2) is 6.87.